The monoisotopic (exact) mass is 410 g/mol. The summed E-state index contributed by atoms with van der Waals surface area (Å²) in [6.45, 7) is 3.70. The molecular weight excluding hydrogens is 395 g/mol. The molecule has 1 fully saturated rings. The quantitative estimate of drug-likeness (QED) is 0.727. The van der Waals surface area contributed by atoms with Crippen LogP contribution < -0.4 is 0 Å². The second kappa shape index (κ2) is 7.87. The molecule has 1 heterocycles. The van der Waals surface area contributed by atoms with Gasteiger partial charge in [-0.1, -0.05) is 40.9 Å². The molecule has 1 aliphatic rings. The van der Waals surface area contributed by atoms with Gasteiger partial charge in [0.1, 0.15) is 0 Å². The molecule has 0 radical (unpaired) electrons. The van der Waals surface area contributed by atoms with Gasteiger partial charge in [-0.3, -0.25) is 9.59 Å². The lowest BCUT2D eigenvalue weighted by Crippen LogP contribution is -2.50. The van der Waals surface area contributed by atoms with Crippen LogP contribution in [0.3, 0.4) is 0 Å². The van der Waals surface area contributed by atoms with Gasteiger partial charge in [-0.2, -0.15) is 0 Å². The van der Waals surface area contributed by atoms with Crippen LogP contribution >= 0.6 is 34.8 Å². The second-order valence-electron chi connectivity index (χ2n) is 6.23. The number of rotatable bonds is 2. The highest BCUT2D eigenvalue weighted by Crippen LogP contribution is 2.22. The molecule has 2 aromatic rings. The topological polar surface area (TPSA) is 40.6 Å². The first-order valence-electron chi connectivity index (χ1n) is 8.16. The molecule has 136 valence electrons. The van der Waals surface area contributed by atoms with Crippen molar-refractivity contribution in [1.82, 2.24) is 9.80 Å². The van der Waals surface area contributed by atoms with Gasteiger partial charge in [0.2, 0.25) is 0 Å². The fourth-order valence-corrected chi connectivity index (χ4v) is 3.78. The molecule has 26 heavy (non-hydrogen) atoms. The molecule has 0 saturated carbocycles. The van der Waals surface area contributed by atoms with Crippen molar-refractivity contribution in [2.24, 2.45) is 0 Å². The predicted molar refractivity (Wildman–Crippen MR) is 104 cm³/mol. The van der Waals surface area contributed by atoms with Gasteiger partial charge in [0.25, 0.3) is 11.8 Å². The third-order valence-electron chi connectivity index (χ3n) is 4.32. The van der Waals surface area contributed by atoms with E-state index in [2.05, 4.69) is 0 Å². The number of aryl methyl sites for hydroxylation is 1. The van der Waals surface area contributed by atoms with Crippen LogP contribution in [0.5, 0.6) is 0 Å². The molecule has 1 aliphatic heterocycles. The van der Waals surface area contributed by atoms with E-state index in [1.807, 2.05) is 13.0 Å². The van der Waals surface area contributed by atoms with E-state index in [0.29, 0.717) is 52.4 Å². The normalized spacial score (nSPS) is 14.5. The summed E-state index contributed by atoms with van der Waals surface area (Å²) in [7, 11) is 0. The van der Waals surface area contributed by atoms with Crippen molar-refractivity contribution in [2.75, 3.05) is 26.2 Å². The fourth-order valence-electron chi connectivity index (χ4n) is 2.94. The van der Waals surface area contributed by atoms with Crippen LogP contribution in [-0.2, 0) is 0 Å². The predicted octanol–water partition coefficient (Wildman–Crippen LogP) is 4.55. The maximum atomic E-state index is 12.7. The third kappa shape index (κ3) is 4.14. The van der Waals surface area contributed by atoms with E-state index in [4.69, 9.17) is 34.8 Å². The van der Waals surface area contributed by atoms with Crippen molar-refractivity contribution in [2.45, 2.75) is 6.92 Å². The highest BCUT2D eigenvalue weighted by atomic mass is 35.5. The van der Waals surface area contributed by atoms with E-state index in [9.17, 15) is 9.59 Å². The van der Waals surface area contributed by atoms with Crippen molar-refractivity contribution in [3.05, 3.63) is 68.2 Å². The van der Waals surface area contributed by atoms with Crippen LogP contribution in [0, 0.1) is 6.92 Å². The number of amides is 2. The van der Waals surface area contributed by atoms with Crippen molar-refractivity contribution >= 4 is 46.6 Å². The largest absolute Gasteiger partial charge is 0.335 e. The van der Waals surface area contributed by atoms with Crippen molar-refractivity contribution in [3.63, 3.8) is 0 Å². The molecule has 1 saturated heterocycles. The zero-order chi connectivity index (χ0) is 18.8. The Labute approximate surface area is 167 Å². The zero-order valence-electron chi connectivity index (χ0n) is 14.1. The smallest absolute Gasteiger partial charge is 0.255 e. The highest BCUT2D eigenvalue weighted by Gasteiger charge is 2.26. The zero-order valence-corrected chi connectivity index (χ0v) is 16.4. The minimum Gasteiger partial charge on any atom is -0.335 e. The Bertz CT molecular complexity index is 842. The van der Waals surface area contributed by atoms with Crippen molar-refractivity contribution in [1.29, 1.82) is 0 Å². The fraction of sp³-hybridized carbons (Fsp3) is 0.263. The first-order chi connectivity index (χ1) is 12.3. The van der Waals surface area contributed by atoms with Crippen LogP contribution in [0.25, 0.3) is 0 Å². The average Bonchev–Trinajstić information content (AvgIpc) is 2.60. The Morgan fingerprint density at radius 1 is 0.808 bits per heavy atom. The van der Waals surface area contributed by atoms with Crippen LogP contribution in [0.4, 0.5) is 0 Å². The summed E-state index contributed by atoms with van der Waals surface area (Å²) >= 11 is 18.1. The van der Waals surface area contributed by atoms with Crippen LogP contribution in [-0.4, -0.2) is 47.8 Å². The standard InChI is InChI=1S/C19H17Cl3N2O2/c1-12-2-3-16(17(22)8-12)19(26)24-6-4-23(5-7-24)18(25)13-9-14(20)11-15(21)10-13/h2-3,8-11H,4-7H2,1H3. The lowest BCUT2D eigenvalue weighted by atomic mass is 10.1. The lowest BCUT2D eigenvalue weighted by Gasteiger charge is -2.35. The number of piperazine rings is 1. The highest BCUT2D eigenvalue weighted by molar-refractivity contribution is 6.35. The van der Waals surface area contributed by atoms with Gasteiger partial charge in [0, 0.05) is 41.8 Å². The van der Waals surface area contributed by atoms with Gasteiger partial charge in [-0.25, -0.2) is 0 Å². The molecule has 0 aromatic heterocycles. The number of hydrogen-bond acceptors (Lipinski definition) is 2. The van der Waals surface area contributed by atoms with Crippen LogP contribution in [0.15, 0.2) is 36.4 Å². The van der Waals surface area contributed by atoms with Gasteiger partial charge >= 0.3 is 0 Å². The summed E-state index contributed by atoms with van der Waals surface area (Å²) in [4.78, 5) is 28.7. The van der Waals surface area contributed by atoms with Crippen LogP contribution in [0.2, 0.25) is 15.1 Å². The summed E-state index contributed by atoms with van der Waals surface area (Å²) < 4.78 is 0. The molecular formula is C19H17Cl3N2O2. The van der Waals surface area contributed by atoms with E-state index in [1.54, 1.807) is 40.1 Å². The van der Waals surface area contributed by atoms with Crippen molar-refractivity contribution < 1.29 is 9.59 Å². The number of carbonyl (C=O) groups is 2. The Balaban J connectivity index is 1.67. The number of nitrogens with zero attached hydrogens (tertiary/aromatic N) is 2. The molecule has 2 amide bonds. The first-order valence-corrected chi connectivity index (χ1v) is 9.29. The molecule has 0 aliphatic carbocycles. The molecule has 0 spiro atoms. The molecule has 4 nitrogen and oxygen atoms in total. The SMILES string of the molecule is Cc1ccc(C(=O)N2CCN(C(=O)c3cc(Cl)cc(Cl)c3)CC2)c(Cl)c1. The Morgan fingerprint density at radius 3 is 1.88 bits per heavy atom. The van der Waals surface area contributed by atoms with Gasteiger partial charge in [-0.15, -0.1) is 0 Å². The van der Waals surface area contributed by atoms with Crippen molar-refractivity contribution in [3.8, 4) is 0 Å². The Kier molecular flexibility index (Phi) is 5.76. The lowest BCUT2D eigenvalue weighted by molar-refractivity contribution is 0.0535. The summed E-state index contributed by atoms with van der Waals surface area (Å²) in [5.41, 5.74) is 1.93. The van der Waals surface area contributed by atoms with Crippen LogP contribution in [0.1, 0.15) is 26.3 Å². The van der Waals surface area contributed by atoms with E-state index in [0.717, 1.165) is 5.56 Å². The molecule has 2 aromatic carbocycles. The number of carbonyl (C=O) groups excluding carboxylic acids is 2. The van der Waals surface area contributed by atoms with Gasteiger partial charge in [0.15, 0.2) is 0 Å². The molecule has 3 rings (SSSR count). The number of hydrogen-bond donors (Lipinski definition) is 0. The number of halogens is 3. The molecule has 0 N–H and O–H groups in total. The summed E-state index contributed by atoms with van der Waals surface area (Å²) in [5, 5.41) is 1.29. The molecule has 0 atom stereocenters. The third-order valence-corrected chi connectivity index (χ3v) is 5.07. The summed E-state index contributed by atoms with van der Waals surface area (Å²) in [6.07, 6.45) is 0. The Hall–Kier alpha value is -1.75. The minimum atomic E-state index is -0.144. The minimum absolute atomic E-state index is 0.118. The van der Waals surface area contributed by atoms with E-state index in [1.165, 1.54) is 0 Å². The van der Waals surface area contributed by atoms with Gasteiger partial charge < -0.3 is 9.80 Å². The van der Waals surface area contributed by atoms with Gasteiger partial charge in [0.05, 0.1) is 10.6 Å². The second-order valence-corrected chi connectivity index (χ2v) is 7.51. The Morgan fingerprint density at radius 2 is 1.35 bits per heavy atom. The summed E-state index contributed by atoms with van der Waals surface area (Å²) in [5.74, 6) is -0.261. The maximum Gasteiger partial charge on any atom is 0.255 e. The van der Waals surface area contributed by atoms with E-state index < -0.39 is 0 Å². The summed E-state index contributed by atoms with van der Waals surface area (Å²) in [6, 6.07) is 10.2. The first kappa shape index (κ1) is 19.0. The number of benzene rings is 2. The molecule has 0 unspecified atom stereocenters. The average molecular weight is 412 g/mol. The molecule has 0 bridgehead atoms. The van der Waals surface area contributed by atoms with Gasteiger partial charge in [-0.05, 0) is 42.8 Å². The molecule has 7 heteroatoms. The van der Waals surface area contributed by atoms with E-state index >= 15 is 0 Å². The maximum absolute atomic E-state index is 12.7. The van der Waals surface area contributed by atoms with E-state index in [-0.39, 0.29) is 11.8 Å².